The Labute approximate surface area is 167 Å². The van der Waals surface area contributed by atoms with E-state index in [1.807, 2.05) is 67.3 Å². The molecule has 4 heterocycles. The summed E-state index contributed by atoms with van der Waals surface area (Å²) in [4.78, 5) is 13.0. The van der Waals surface area contributed by atoms with E-state index in [-0.39, 0.29) is 5.54 Å². The van der Waals surface area contributed by atoms with Gasteiger partial charge in [0.15, 0.2) is 0 Å². The SMILES string of the molecule is Cc1ccnc(-c2cc(C)ccn2)c1.Cc1ccnc(C2(C)C=CC=CN2)c1. The minimum atomic E-state index is -0.166. The summed E-state index contributed by atoms with van der Waals surface area (Å²) in [6.45, 7) is 8.31. The number of dihydropyridines is 1. The molecule has 0 amide bonds. The maximum absolute atomic E-state index is 4.39. The first-order chi connectivity index (χ1) is 13.5. The minimum absolute atomic E-state index is 0.166. The van der Waals surface area contributed by atoms with Crippen LogP contribution in [0.3, 0.4) is 0 Å². The molecule has 1 aliphatic heterocycles. The van der Waals surface area contributed by atoms with Gasteiger partial charge in [0.2, 0.25) is 0 Å². The van der Waals surface area contributed by atoms with Gasteiger partial charge in [0, 0.05) is 18.6 Å². The second kappa shape index (κ2) is 8.61. The van der Waals surface area contributed by atoms with Crippen LogP contribution in [0.5, 0.6) is 0 Å². The fraction of sp³-hybridized carbons (Fsp3) is 0.208. The van der Waals surface area contributed by atoms with Gasteiger partial charge in [-0.05, 0) is 93.1 Å². The molecule has 1 N–H and O–H groups in total. The quantitative estimate of drug-likeness (QED) is 0.687. The Bertz CT molecular complexity index is 963. The fourth-order valence-electron chi connectivity index (χ4n) is 2.90. The molecule has 0 fully saturated rings. The Balaban J connectivity index is 0.000000161. The molecule has 0 spiro atoms. The first kappa shape index (κ1) is 19.5. The van der Waals surface area contributed by atoms with Crippen LogP contribution in [0.15, 0.2) is 79.4 Å². The lowest BCUT2D eigenvalue weighted by molar-refractivity contribution is 0.507. The lowest BCUT2D eigenvalue weighted by atomic mass is 9.94. The number of hydrogen-bond donors (Lipinski definition) is 1. The maximum atomic E-state index is 4.39. The summed E-state index contributed by atoms with van der Waals surface area (Å²) in [6.07, 6.45) is 13.6. The minimum Gasteiger partial charge on any atom is -0.377 e. The summed E-state index contributed by atoms with van der Waals surface area (Å²) in [5, 5.41) is 3.31. The molecule has 0 saturated heterocycles. The molecule has 1 aliphatic rings. The Morgan fingerprint density at radius 3 is 1.71 bits per heavy atom. The monoisotopic (exact) mass is 370 g/mol. The van der Waals surface area contributed by atoms with Gasteiger partial charge in [0.25, 0.3) is 0 Å². The largest absolute Gasteiger partial charge is 0.377 e. The van der Waals surface area contributed by atoms with Gasteiger partial charge in [-0.3, -0.25) is 15.0 Å². The average Bonchev–Trinajstić information content (AvgIpc) is 2.69. The molecule has 0 aromatic carbocycles. The number of pyridine rings is 3. The van der Waals surface area contributed by atoms with Crippen LogP contribution in [0.25, 0.3) is 11.4 Å². The van der Waals surface area contributed by atoms with E-state index in [2.05, 4.69) is 60.1 Å². The van der Waals surface area contributed by atoms with Crippen molar-refractivity contribution in [1.82, 2.24) is 20.3 Å². The van der Waals surface area contributed by atoms with Crippen LogP contribution in [0.1, 0.15) is 29.3 Å². The zero-order chi connectivity index (χ0) is 20.0. The second-order valence-electron chi connectivity index (χ2n) is 7.22. The topological polar surface area (TPSA) is 50.7 Å². The Morgan fingerprint density at radius 1 is 0.714 bits per heavy atom. The van der Waals surface area contributed by atoms with Gasteiger partial charge in [-0.2, -0.15) is 0 Å². The third-order valence-electron chi connectivity index (χ3n) is 4.56. The molecule has 0 radical (unpaired) electrons. The highest BCUT2D eigenvalue weighted by molar-refractivity contribution is 5.55. The molecule has 0 saturated carbocycles. The number of hydrogen-bond acceptors (Lipinski definition) is 4. The number of nitrogens with one attached hydrogen (secondary N) is 1. The molecule has 142 valence electrons. The zero-order valence-electron chi connectivity index (χ0n) is 16.8. The predicted octanol–water partition coefficient (Wildman–Crippen LogP) is 5.04. The van der Waals surface area contributed by atoms with E-state index in [0.29, 0.717) is 0 Å². The summed E-state index contributed by atoms with van der Waals surface area (Å²) in [7, 11) is 0. The van der Waals surface area contributed by atoms with Crippen molar-refractivity contribution in [2.24, 2.45) is 0 Å². The molecular formula is C24H26N4. The van der Waals surface area contributed by atoms with Crippen LogP contribution < -0.4 is 5.32 Å². The lowest BCUT2D eigenvalue weighted by Crippen LogP contribution is -2.36. The smallest absolute Gasteiger partial charge is 0.0951 e. The molecule has 3 aromatic rings. The molecule has 0 aliphatic carbocycles. The van der Waals surface area contributed by atoms with Crippen LogP contribution in [0, 0.1) is 20.8 Å². The summed E-state index contributed by atoms with van der Waals surface area (Å²) in [5.74, 6) is 0. The van der Waals surface area contributed by atoms with Crippen molar-refractivity contribution in [2.75, 3.05) is 0 Å². The Hall–Kier alpha value is -3.27. The normalized spacial score (nSPS) is 17.4. The number of allylic oxidation sites excluding steroid dienone is 2. The highest BCUT2D eigenvalue weighted by atomic mass is 15.0. The van der Waals surface area contributed by atoms with Crippen molar-refractivity contribution in [3.8, 4) is 11.4 Å². The van der Waals surface area contributed by atoms with Crippen molar-refractivity contribution in [2.45, 2.75) is 33.2 Å². The Morgan fingerprint density at radius 2 is 1.25 bits per heavy atom. The number of rotatable bonds is 2. The third kappa shape index (κ3) is 4.92. The summed E-state index contributed by atoms with van der Waals surface area (Å²) in [5.41, 5.74) is 6.42. The molecule has 1 unspecified atom stereocenters. The van der Waals surface area contributed by atoms with Gasteiger partial charge in [-0.15, -0.1) is 0 Å². The van der Waals surface area contributed by atoms with Crippen LogP contribution in [-0.2, 0) is 5.54 Å². The van der Waals surface area contributed by atoms with E-state index in [4.69, 9.17) is 0 Å². The summed E-state index contributed by atoms with van der Waals surface area (Å²) >= 11 is 0. The molecule has 28 heavy (non-hydrogen) atoms. The standard InChI is InChI=1S/C12H12N2.C12H14N2/c1-9-3-5-13-11(7-9)12-8-10(2)4-6-14-12;1-10-5-8-13-11(9-10)12(2)6-3-4-7-14-12/h3-8H,1-2H3;3-9,14H,1-2H3. The van der Waals surface area contributed by atoms with Crippen molar-refractivity contribution < 1.29 is 0 Å². The van der Waals surface area contributed by atoms with Gasteiger partial charge in [-0.25, -0.2) is 0 Å². The third-order valence-corrected chi connectivity index (χ3v) is 4.56. The summed E-state index contributed by atoms with van der Waals surface area (Å²) in [6, 6.07) is 12.2. The summed E-state index contributed by atoms with van der Waals surface area (Å²) < 4.78 is 0. The number of aromatic nitrogens is 3. The van der Waals surface area contributed by atoms with E-state index in [0.717, 1.165) is 17.1 Å². The first-order valence-electron chi connectivity index (χ1n) is 9.37. The van der Waals surface area contributed by atoms with Gasteiger partial charge in [0.05, 0.1) is 22.6 Å². The zero-order valence-corrected chi connectivity index (χ0v) is 16.8. The molecule has 4 rings (SSSR count). The van der Waals surface area contributed by atoms with Crippen LogP contribution in [0.4, 0.5) is 0 Å². The van der Waals surface area contributed by atoms with E-state index < -0.39 is 0 Å². The molecule has 4 heteroatoms. The highest BCUT2D eigenvalue weighted by Gasteiger charge is 2.24. The average molecular weight is 371 g/mol. The number of nitrogens with zero attached hydrogens (tertiary/aromatic N) is 3. The number of aryl methyl sites for hydroxylation is 3. The van der Waals surface area contributed by atoms with Crippen LogP contribution in [0.2, 0.25) is 0 Å². The van der Waals surface area contributed by atoms with Gasteiger partial charge < -0.3 is 5.32 Å². The van der Waals surface area contributed by atoms with E-state index >= 15 is 0 Å². The molecule has 4 nitrogen and oxygen atoms in total. The fourth-order valence-corrected chi connectivity index (χ4v) is 2.90. The van der Waals surface area contributed by atoms with Crippen molar-refractivity contribution in [3.63, 3.8) is 0 Å². The molecular weight excluding hydrogens is 344 g/mol. The van der Waals surface area contributed by atoms with E-state index in [9.17, 15) is 0 Å². The van der Waals surface area contributed by atoms with Gasteiger partial charge in [-0.1, -0.05) is 12.2 Å². The van der Waals surface area contributed by atoms with Crippen molar-refractivity contribution in [3.05, 3.63) is 102 Å². The lowest BCUT2D eigenvalue weighted by Gasteiger charge is -2.28. The van der Waals surface area contributed by atoms with Gasteiger partial charge >= 0.3 is 0 Å². The maximum Gasteiger partial charge on any atom is 0.0951 e. The van der Waals surface area contributed by atoms with Crippen molar-refractivity contribution >= 4 is 0 Å². The van der Waals surface area contributed by atoms with Gasteiger partial charge in [0.1, 0.15) is 0 Å². The van der Waals surface area contributed by atoms with E-state index in [1.165, 1.54) is 16.7 Å². The first-order valence-corrected chi connectivity index (χ1v) is 9.37. The highest BCUT2D eigenvalue weighted by Crippen LogP contribution is 2.22. The molecule has 1 atom stereocenters. The second-order valence-corrected chi connectivity index (χ2v) is 7.22. The predicted molar refractivity (Wildman–Crippen MR) is 115 cm³/mol. The molecule has 0 bridgehead atoms. The van der Waals surface area contributed by atoms with E-state index in [1.54, 1.807) is 0 Å². The molecule has 3 aromatic heterocycles. The van der Waals surface area contributed by atoms with Crippen molar-refractivity contribution in [1.29, 1.82) is 0 Å². The van der Waals surface area contributed by atoms with Crippen LogP contribution >= 0.6 is 0 Å². The van der Waals surface area contributed by atoms with Crippen LogP contribution in [-0.4, -0.2) is 15.0 Å². The Kier molecular flexibility index (Phi) is 5.99.